The SMILES string of the molecule is C[CH]=[Ti]([CH2]c1ccccc1)([CH2]c1ccccc1)([c]1cccc2c1Cc1ccccc1-2)[c]1cccc2c1Cc1ccccc1-2. The second-order valence-corrected chi connectivity index (χ2v) is 22.0. The van der Waals surface area contributed by atoms with Gasteiger partial charge < -0.3 is 0 Å². The van der Waals surface area contributed by atoms with E-state index in [0.29, 0.717) is 0 Å². The Morgan fingerprint density at radius 1 is 0.442 bits per heavy atom. The van der Waals surface area contributed by atoms with Gasteiger partial charge in [-0.3, -0.25) is 0 Å². The van der Waals surface area contributed by atoms with E-state index in [1.54, 1.807) is 18.9 Å². The molecule has 0 atom stereocenters. The van der Waals surface area contributed by atoms with Crippen LogP contribution < -0.4 is 7.74 Å². The summed E-state index contributed by atoms with van der Waals surface area (Å²) in [5, 5.41) is 0. The van der Waals surface area contributed by atoms with Crippen molar-refractivity contribution in [1.29, 1.82) is 0 Å². The van der Waals surface area contributed by atoms with Crippen LogP contribution in [0.4, 0.5) is 0 Å². The molecule has 0 fully saturated rings. The number of rotatable bonds is 6. The zero-order valence-electron chi connectivity index (χ0n) is 24.8. The summed E-state index contributed by atoms with van der Waals surface area (Å²) in [6.07, 6.45) is 2.02. The van der Waals surface area contributed by atoms with Gasteiger partial charge in [0.25, 0.3) is 0 Å². The molecule has 1 heteroatoms. The fraction of sp³-hybridized carbons (Fsp3) is 0.119. The first-order chi connectivity index (χ1) is 21.2. The summed E-state index contributed by atoms with van der Waals surface area (Å²) < 4.78 is 8.18. The van der Waals surface area contributed by atoms with E-state index in [1.165, 1.54) is 44.5 Å². The van der Waals surface area contributed by atoms with Crippen molar-refractivity contribution in [2.45, 2.75) is 29.2 Å². The van der Waals surface area contributed by atoms with Crippen molar-refractivity contribution < 1.29 is 14.8 Å². The molecule has 0 saturated heterocycles. The van der Waals surface area contributed by atoms with E-state index in [2.05, 4.69) is 157 Å². The fourth-order valence-corrected chi connectivity index (χ4v) is 20.4. The van der Waals surface area contributed by atoms with Gasteiger partial charge in [0.2, 0.25) is 0 Å². The number of hydrogen-bond donors (Lipinski definition) is 0. The predicted molar refractivity (Wildman–Crippen MR) is 181 cm³/mol. The van der Waals surface area contributed by atoms with Gasteiger partial charge in [-0.15, -0.1) is 0 Å². The van der Waals surface area contributed by atoms with E-state index < -0.39 is 14.8 Å². The minimum atomic E-state index is -4.16. The van der Waals surface area contributed by atoms with Gasteiger partial charge in [0.05, 0.1) is 0 Å². The van der Waals surface area contributed by atoms with Gasteiger partial charge in [0.1, 0.15) is 0 Å². The van der Waals surface area contributed by atoms with Crippen molar-refractivity contribution in [3.05, 3.63) is 179 Å². The first-order valence-electron chi connectivity index (χ1n) is 15.7. The maximum atomic E-state index is 2.77. The second kappa shape index (κ2) is 10.3. The molecule has 0 unspecified atom stereocenters. The van der Waals surface area contributed by atoms with Crippen molar-refractivity contribution in [2.24, 2.45) is 0 Å². The molecule has 0 nitrogen and oxygen atoms in total. The molecule has 43 heavy (non-hydrogen) atoms. The van der Waals surface area contributed by atoms with Crippen LogP contribution in [0.25, 0.3) is 22.3 Å². The molecule has 0 saturated carbocycles. The Bertz CT molecular complexity index is 1920. The van der Waals surface area contributed by atoms with Crippen LogP contribution in [0.1, 0.15) is 40.3 Å². The average Bonchev–Trinajstić information content (AvgIpc) is 3.64. The third-order valence-corrected chi connectivity index (χ3v) is 22.3. The molecule has 0 N–H and O–H groups in total. The Morgan fingerprint density at radius 3 is 1.28 bits per heavy atom. The molecule has 8 rings (SSSR count). The molecule has 0 amide bonds. The van der Waals surface area contributed by atoms with Crippen LogP contribution in [0.5, 0.6) is 0 Å². The summed E-state index contributed by atoms with van der Waals surface area (Å²) >= 11 is -4.16. The quantitative estimate of drug-likeness (QED) is 0.171. The van der Waals surface area contributed by atoms with Crippen molar-refractivity contribution in [3.63, 3.8) is 0 Å². The Kier molecular flexibility index (Phi) is 6.33. The van der Waals surface area contributed by atoms with Crippen LogP contribution in [-0.2, 0) is 37.1 Å². The van der Waals surface area contributed by atoms with Gasteiger partial charge in [-0.2, -0.15) is 0 Å². The number of fused-ring (bicyclic) bond motifs is 6. The maximum absolute atomic E-state index is 4.16. The summed E-state index contributed by atoms with van der Waals surface area (Å²) in [5.74, 6) is 0. The van der Waals surface area contributed by atoms with E-state index >= 15 is 0 Å². The second-order valence-electron chi connectivity index (χ2n) is 12.7. The summed E-state index contributed by atoms with van der Waals surface area (Å²) in [6, 6.07) is 55.4. The molecule has 6 aromatic carbocycles. The summed E-state index contributed by atoms with van der Waals surface area (Å²) in [7, 11) is 0. The molecule has 208 valence electrons. The molecule has 0 spiro atoms. The van der Waals surface area contributed by atoms with Crippen LogP contribution in [0.3, 0.4) is 0 Å². The van der Waals surface area contributed by atoms with Gasteiger partial charge in [-0.1, -0.05) is 0 Å². The zero-order chi connectivity index (χ0) is 28.9. The molecule has 0 radical (unpaired) electrons. The van der Waals surface area contributed by atoms with E-state index in [1.807, 2.05) is 0 Å². The molecule has 0 bridgehead atoms. The first-order valence-corrected chi connectivity index (χ1v) is 20.3. The Hall–Kier alpha value is -4.10. The third kappa shape index (κ3) is 4.05. The molecule has 2 aliphatic rings. The summed E-state index contributed by atoms with van der Waals surface area (Å²) in [6.45, 7) is 2.41. The molecule has 2 aliphatic carbocycles. The zero-order valence-corrected chi connectivity index (χ0v) is 26.3. The van der Waals surface area contributed by atoms with Crippen LogP contribution >= 0.6 is 0 Å². The van der Waals surface area contributed by atoms with Crippen molar-refractivity contribution >= 4 is 12.1 Å². The standard InChI is InChI=1S/2C13H9.2C7H7.C2H4.Ti/c2*1-3-7-12-10(5-1)9-11-6-2-4-8-13(11)12;2*1-7-5-3-2-4-6-7;1-2;/h2*1-5,7-8H,9H2;2*2-6H,1H2;1H,2H3;. The predicted octanol–water partition coefficient (Wildman–Crippen LogP) is 8.69. The summed E-state index contributed by atoms with van der Waals surface area (Å²) in [5.41, 5.74) is 14.6. The molecule has 0 aromatic heterocycles. The Morgan fingerprint density at radius 2 is 0.837 bits per heavy atom. The van der Waals surface area contributed by atoms with Crippen molar-refractivity contribution in [2.75, 3.05) is 0 Å². The van der Waals surface area contributed by atoms with Gasteiger partial charge in [-0.25, -0.2) is 0 Å². The van der Waals surface area contributed by atoms with Crippen LogP contribution in [0.2, 0.25) is 0 Å². The van der Waals surface area contributed by atoms with Gasteiger partial charge in [0, 0.05) is 0 Å². The van der Waals surface area contributed by atoms with Crippen molar-refractivity contribution in [3.8, 4) is 22.3 Å². The molecule has 0 heterocycles. The normalized spacial score (nSPS) is 13.2. The van der Waals surface area contributed by atoms with Crippen molar-refractivity contribution in [1.82, 2.24) is 0 Å². The third-order valence-electron chi connectivity index (χ3n) is 10.6. The topological polar surface area (TPSA) is 0 Å². The number of hydrogen-bond acceptors (Lipinski definition) is 0. The van der Waals surface area contributed by atoms with Crippen LogP contribution in [0.15, 0.2) is 146 Å². The van der Waals surface area contributed by atoms with E-state index in [4.69, 9.17) is 0 Å². The Balaban J connectivity index is 1.51. The monoisotopic (exact) mass is 588 g/mol. The summed E-state index contributed by atoms with van der Waals surface area (Å²) in [4.78, 5) is 0. The molecule has 0 aliphatic heterocycles. The van der Waals surface area contributed by atoms with E-state index in [0.717, 1.165) is 22.3 Å². The van der Waals surface area contributed by atoms with E-state index in [9.17, 15) is 0 Å². The fourth-order valence-electron chi connectivity index (χ4n) is 8.71. The molecular formula is C42H36Ti. The van der Waals surface area contributed by atoms with E-state index in [-0.39, 0.29) is 0 Å². The van der Waals surface area contributed by atoms with Gasteiger partial charge in [-0.05, 0) is 0 Å². The average molecular weight is 589 g/mol. The molecular weight excluding hydrogens is 552 g/mol. The Labute approximate surface area is 256 Å². The van der Waals surface area contributed by atoms with Crippen LogP contribution in [0, 0.1) is 0 Å². The first kappa shape index (κ1) is 26.5. The molecule has 6 aromatic rings. The number of benzene rings is 6. The van der Waals surface area contributed by atoms with Crippen LogP contribution in [-0.4, -0.2) is 4.31 Å². The minimum absolute atomic E-state index is 1.01. The van der Waals surface area contributed by atoms with Gasteiger partial charge in [0.15, 0.2) is 0 Å². The van der Waals surface area contributed by atoms with Gasteiger partial charge >= 0.3 is 257 Å².